The summed E-state index contributed by atoms with van der Waals surface area (Å²) < 4.78 is 24.2. The van der Waals surface area contributed by atoms with Crippen LogP contribution in [0, 0.1) is 5.82 Å². The van der Waals surface area contributed by atoms with E-state index in [2.05, 4.69) is 5.32 Å². The molecular formula is C14H19ClFNO2. The summed E-state index contributed by atoms with van der Waals surface area (Å²) in [5, 5.41) is 3.96. The summed E-state index contributed by atoms with van der Waals surface area (Å²) in [5.41, 5.74) is 0.811. The van der Waals surface area contributed by atoms with Crippen LogP contribution >= 0.6 is 11.6 Å². The first kappa shape index (κ1) is 14.7. The minimum Gasteiger partial charge on any atom is -0.350 e. The van der Waals surface area contributed by atoms with E-state index in [1.54, 1.807) is 6.07 Å². The molecule has 1 unspecified atom stereocenters. The van der Waals surface area contributed by atoms with Gasteiger partial charge in [-0.05, 0) is 36.7 Å². The normalized spacial score (nSPS) is 17.8. The van der Waals surface area contributed by atoms with Crippen LogP contribution in [0.2, 0.25) is 5.02 Å². The zero-order valence-electron chi connectivity index (χ0n) is 11.0. The van der Waals surface area contributed by atoms with Gasteiger partial charge in [-0.1, -0.05) is 18.5 Å². The molecule has 0 bridgehead atoms. The van der Waals surface area contributed by atoms with Crippen molar-refractivity contribution in [2.24, 2.45) is 0 Å². The van der Waals surface area contributed by atoms with Gasteiger partial charge in [0.1, 0.15) is 5.82 Å². The van der Waals surface area contributed by atoms with E-state index in [9.17, 15) is 4.39 Å². The van der Waals surface area contributed by atoms with Gasteiger partial charge in [-0.2, -0.15) is 0 Å². The molecule has 1 aliphatic heterocycles. The second-order valence-electron chi connectivity index (χ2n) is 4.60. The number of halogens is 2. The van der Waals surface area contributed by atoms with Crippen molar-refractivity contribution in [3.8, 4) is 0 Å². The highest BCUT2D eigenvalue weighted by Crippen LogP contribution is 2.21. The summed E-state index contributed by atoms with van der Waals surface area (Å²) in [6, 6.07) is 4.62. The smallest absolute Gasteiger partial charge is 0.159 e. The SMILES string of the molecule is CCNC(Cc1cc(F)ccc1Cl)CC1OCCO1. The topological polar surface area (TPSA) is 30.5 Å². The van der Waals surface area contributed by atoms with E-state index in [0.717, 1.165) is 18.5 Å². The van der Waals surface area contributed by atoms with Gasteiger partial charge < -0.3 is 14.8 Å². The van der Waals surface area contributed by atoms with E-state index in [1.165, 1.54) is 12.1 Å². The van der Waals surface area contributed by atoms with Crippen LogP contribution in [0.1, 0.15) is 18.9 Å². The number of likely N-dealkylation sites (N-methyl/N-ethyl adjacent to an activating group) is 1. The van der Waals surface area contributed by atoms with Gasteiger partial charge in [0.2, 0.25) is 0 Å². The molecule has 1 fully saturated rings. The van der Waals surface area contributed by atoms with E-state index in [4.69, 9.17) is 21.1 Å². The molecule has 3 nitrogen and oxygen atoms in total. The third-order valence-electron chi connectivity index (χ3n) is 3.13. The molecule has 0 amide bonds. The summed E-state index contributed by atoms with van der Waals surface area (Å²) in [6.07, 6.45) is 1.23. The van der Waals surface area contributed by atoms with Crippen LogP contribution in [0.5, 0.6) is 0 Å². The quantitative estimate of drug-likeness (QED) is 0.873. The first-order chi connectivity index (χ1) is 9.19. The third kappa shape index (κ3) is 4.42. The molecule has 1 aromatic carbocycles. The fourth-order valence-corrected chi connectivity index (χ4v) is 2.46. The van der Waals surface area contributed by atoms with Crippen LogP contribution in [0.25, 0.3) is 0 Å². The number of ether oxygens (including phenoxy) is 2. The zero-order chi connectivity index (χ0) is 13.7. The van der Waals surface area contributed by atoms with E-state index < -0.39 is 0 Å². The number of benzene rings is 1. The van der Waals surface area contributed by atoms with E-state index in [0.29, 0.717) is 24.7 Å². The first-order valence-electron chi connectivity index (χ1n) is 6.59. The maximum Gasteiger partial charge on any atom is 0.159 e. The highest BCUT2D eigenvalue weighted by Gasteiger charge is 2.21. The Hall–Kier alpha value is -0.680. The van der Waals surface area contributed by atoms with E-state index in [1.807, 2.05) is 6.92 Å². The monoisotopic (exact) mass is 287 g/mol. The molecular weight excluding hydrogens is 269 g/mol. The molecule has 1 aromatic rings. The Balaban J connectivity index is 2.00. The maximum absolute atomic E-state index is 13.3. The number of nitrogens with one attached hydrogen (secondary N) is 1. The van der Waals surface area contributed by atoms with Crippen LogP contribution in [-0.4, -0.2) is 32.1 Å². The fraction of sp³-hybridized carbons (Fsp3) is 0.571. The Bertz CT molecular complexity index is 410. The Labute approximate surface area is 118 Å². The fourth-order valence-electron chi connectivity index (χ4n) is 2.27. The predicted octanol–water partition coefficient (Wildman–Crippen LogP) is 2.76. The van der Waals surface area contributed by atoms with Crippen molar-refractivity contribution in [3.63, 3.8) is 0 Å². The Morgan fingerprint density at radius 3 is 2.84 bits per heavy atom. The highest BCUT2D eigenvalue weighted by molar-refractivity contribution is 6.31. The Morgan fingerprint density at radius 1 is 1.42 bits per heavy atom. The summed E-state index contributed by atoms with van der Waals surface area (Å²) in [7, 11) is 0. The summed E-state index contributed by atoms with van der Waals surface area (Å²) in [5.74, 6) is -0.261. The molecule has 0 aromatic heterocycles. The van der Waals surface area contributed by atoms with Crippen LogP contribution < -0.4 is 5.32 Å². The lowest BCUT2D eigenvalue weighted by atomic mass is 10.0. The zero-order valence-corrected chi connectivity index (χ0v) is 11.8. The van der Waals surface area contributed by atoms with Crippen LogP contribution in [0.15, 0.2) is 18.2 Å². The van der Waals surface area contributed by atoms with Crippen LogP contribution in [-0.2, 0) is 15.9 Å². The van der Waals surface area contributed by atoms with Crippen molar-refractivity contribution in [2.75, 3.05) is 19.8 Å². The molecule has 0 aliphatic carbocycles. The lowest BCUT2D eigenvalue weighted by Crippen LogP contribution is -2.35. The third-order valence-corrected chi connectivity index (χ3v) is 3.50. The number of hydrogen-bond acceptors (Lipinski definition) is 3. The number of rotatable bonds is 6. The maximum atomic E-state index is 13.3. The molecule has 0 spiro atoms. The molecule has 106 valence electrons. The lowest BCUT2D eigenvalue weighted by molar-refractivity contribution is -0.0525. The summed E-state index contributed by atoms with van der Waals surface area (Å²) in [6.45, 7) is 4.16. The van der Waals surface area contributed by atoms with Gasteiger partial charge in [-0.3, -0.25) is 0 Å². The lowest BCUT2D eigenvalue weighted by Gasteiger charge is -2.21. The first-order valence-corrected chi connectivity index (χ1v) is 6.97. The van der Waals surface area contributed by atoms with Crippen molar-refractivity contribution < 1.29 is 13.9 Å². The molecule has 1 N–H and O–H groups in total. The van der Waals surface area contributed by atoms with Crippen LogP contribution in [0.3, 0.4) is 0 Å². The van der Waals surface area contributed by atoms with Crippen molar-refractivity contribution in [3.05, 3.63) is 34.6 Å². The van der Waals surface area contributed by atoms with Crippen molar-refractivity contribution in [2.45, 2.75) is 32.1 Å². The van der Waals surface area contributed by atoms with E-state index >= 15 is 0 Å². The average molecular weight is 288 g/mol. The Kier molecular flexibility index (Phi) is 5.58. The molecule has 0 radical (unpaired) electrons. The molecule has 5 heteroatoms. The van der Waals surface area contributed by atoms with Gasteiger partial charge in [0, 0.05) is 17.5 Å². The van der Waals surface area contributed by atoms with Crippen LogP contribution in [0.4, 0.5) is 4.39 Å². The highest BCUT2D eigenvalue weighted by atomic mass is 35.5. The molecule has 1 aliphatic rings. The standard InChI is InChI=1S/C14H19ClFNO2/c1-2-17-12(9-14-18-5-6-19-14)8-10-7-11(16)3-4-13(10)15/h3-4,7,12,14,17H,2,5-6,8-9H2,1H3. The molecule has 2 rings (SSSR count). The van der Waals surface area contributed by atoms with E-state index in [-0.39, 0.29) is 18.1 Å². The summed E-state index contributed by atoms with van der Waals surface area (Å²) >= 11 is 6.10. The minimum absolute atomic E-state index is 0.160. The number of hydrogen-bond donors (Lipinski definition) is 1. The van der Waals surface area contributed by atoms with Gasteiger partial charge in [0.15, 0.2) is 6.29 Å². The second kappa shape index (κ2) is 7.20. The van der Waals surface area contributed by atoms with Gasteiger partial charge >= 0.3 is 0 Å². The predicted molar refractivity (Wildman–Crippen MR) is 72.9 cm³/mol. The van der Waals surface area contributed by atoms with Crippen molar-refractivity contribution in [1.29, 1.82) is 0 Å². The van der Waals surface area contributed by atoms with Gasteiger partial charge in [-0.25, -0.2) is 4.39 Å². The molecule has 0 saturated carbocycles. The minimum atomic E-state index is -0.261. The second-order valence-corrected chi connectivity index (χ2v) is 5.01. The van der Waals surface area contributed by atoms with Gasteiger partial charge in [0.05, 0.1) is 13.2 Å². The Morgan fingerprint density at radius 2 is 2.16 bits per heavy atom. The molecule has 19 heavy (non-hydrogen) atoms. The van der Waals surface area contributed by atoms with Crippen molar-refractivity contribution >= 4 is 11.6 Å². The molecule has 1 saturated heterocycles. The molecule has 1 atom stereocenters. The van der Waals surface area contributed by atoms with Gasteiger partial charge in [0.25, 0.3) is 0 Å². The molecule has 1 heterocycles. The summed E-state index contributed by atoms with van der Waals surface area (Å²) in [4.78, 5) is 0. The average Bonchev–Trinajstić information content (AvgIpc) is 2.87. The largest absolute Gasteiger partial charge is 0.350 e. The van der Waals surface area contributed by atoms with Gasteiger partial charge in [-0.15, -0.1) is 0 Å². The van der Waals surface area contributed by atoms with Crippen molar-refractivity contribution in [1.82, 2.24) is 5.32 Å².